The van der Waals surface area contributed by atoms with Crippen LogP contribution < -0.4 is 0 Å². The molecule has 80 valence electrons. The van der Waals surface area contributed by atoms with Gasteiger partial charge < -0.3 is 0 Å². The van der Waals surface area contributed by atoms with Crippen LogP contribution in [0.2, 0.25) is 0 Å². The second-order valence-electron chi connectivity index (χ2n) is 3.62. The van der Waals surface area contributed by atoms with E-state index < -0.39 is 10.0 Å². The first-order chi connectivity index (χ1) is 6.45. The predicted molar refractivity (Wildman–Crippen MR) is 52.2 cm³/mol. The second kappa shape index (κ2) is 4.21. The zero-order chi connectivity index (χ0) is 10.8. The fraction of sp³-hybridized carbons (Fsp3) is 0.875. The van der Waals surface area contributed by atoms with E-state index in [0.29, 0.717) is 19.4 Å². The van der Waals surface area contributed by atoms with E-state index in [2.05, 4.69) is 4.99 Å². The van der Waals surface area contributed by atoms with Crippen LogP contribution in [0.25, 0.3) is 0 Å². The summed E-state index contributed by atoms with van der Waals surface area (Å²) in [5.74, 6) is 0. The van der Waals surface area contributed by atoms with Crippen molar-refractivity contribution < 1.29 is 13.2 Å². The van der Waals surface area contributed by atoms with E-state index >= 15 is 0 Å². The molecule has 1 aliphatic heterocycles. The number of carbonyl (C=O) groups excluding carboxylic acids is 1. The molecule has 2 unspecified atom stereocenters. The molecule has 0 aromatic rings. The number of nitrogens with zero attached hydrogens (tertiary/aromatic N) is 2. The maximum atomic E-state index is 11.3. The summed E-state index contributed by atoms with van der Waals surface area (Å²) in [6, 6.07) is -0.152. The molecule has 0 bridgehead atoms. The Morgan fingerprint density at radius 3 is 2.57 bits per heavy atom. The average Bonchev–Trinajstić information content (AvgIpc) is 2.02. The third-order valence-corrected chi connectivity index (χ3v) is 3.84. The van der Waals surface area contributed by atoms with Crippen LogP contribution in [0.4, 0.5) is 0 Å². The van der Waals surface area contributed by atoms with Gasteiger partial charge in [-0.2, -0.15) is 4.31 Å². The molecule has 14 heavy (non-hydrogen) atoms. The van der Waals surface area contributed by atoms with Crippen LogP contribution in [-0.4, -0.2) is 43.7 Å². The maximum Gasteiger partial charge on any atom is 0.235 e. The first-order valence-corrected chi connectivity index (χ1v) is 6.33. The van der Waals surface area contributed by atoms with Gasteiger partial charge >= 0.3 is 0 Å². The van der Waals surface area contributed by atoms with Crippen molar-refractivity contribution in [2.45, 2.75) is 31.8 Å². The van der Waals surface area contributed by atoms with Crippen molar-refractivity contribution in [1.29, 1.82) is 0 Å². The third kappa shape index (κ3) is 2.64. The van der Waals surface area contributed by atoms with Gasteiger partial charge in [-0.15, -0.1) is 0 Å². The van der Waals surface area contributed by atoms with Crippen LogP contribution in [0.5, 0.6) is 0 Å². The van der Waals surface area contributed by atoms with Crippen molar-refractivity contribution in [3.8, 4) is 0 Å². The van der Waals surface area contributed by atoms with Gasteiger partial charge in [0.25, 0.3) is 0 Å². The number of rotatable bonds is 2. The summed E-state index contributed by atoms with van der Waals surface area (Å²) < 4.78 is 24.0. The summed E-state index contributed by atoms with van der Waals surface area (Å²) in [7, 11) is -3.12. The highest BCUT2D eigenvalue weighted by atomic mass is 32.2. The quantitative estimate of drug-likeness (QED) is 0.489. The highest BCUT2D eigenvalue weighted by Crippen LogP contribution is 2.21. The molecule has 1 heterocycles. The summed E-state index contributed by atoms with van der Waals surface area (Å²) in [6.45, 7) is 2.27. The summed E-state index contributed by atoms with van der Waals surface area (Å²) in [5.41, 5.74) is 0. The van der Waals surface area contributed by atoms with Gasteiger partial charge in [-0.3, -0.25) is 0 Å². The topological polar surface area (TPSA) is 66.8 Å². The van der Waals surface area contributed by atoms with E-state index in [1.807, 2.05) is 6.92 Å². The van der Waals surface area contributed by atoms with Crippen molar-refractivity contribution in [2.75, 3.05) is 12.8 Å². The summed E-state index contributed by atoms with van der Waals surface area (Å²) >= 11 is 0. The SMILES string of the molecule is CC1CC(N=C=O)CCN1S(C)(=O)=O. The molecule has 5 nitrogen and oxygen atoms in total. The summed E-state index contributed by atoms with van der Waals surface area (Å²) in [6.07, 6.45) is 3.92. The Hall–Kier alpha value is -0.710. The molecule has 0 saturated carbocycles. The lowest BCUT2D eigenvalue weighted by atomic mass is 10.0. The third-order valence-electron chi connectivity index (χ3n) is 2.45. The standard InChI is InChI=1S/C8H14N2O3S/c1-7-5-8(9-6-11)3-4-10(7)14(2,12)13/h7-8H,3-5H2,1-2H3. The second-order valence-corrected chi connectivity index (χ2v) is 5.56. The first kappa shape index (κ1) is 11.4. The maximum absolute atomic E-state index is 11.3. The van der Waals surface area contributed by atoms with Crippen LogP contribution in [0.3, 0.4) is 0 Å². The minimum absolute atomic E-state index is 0.0690. The van der Waals surface area contributed by atoms with Crippen LogP contribution in [0.15, 0.2) is 4.99 Å². The van der Waals surface area contributed by atoms with E-state index in [1.165, 1.54) is 16.6 Å². The summed E-state index contributed by atoms with van der Waals surface area (Å²) in [5, 5.41) is 0. The Morgan fingerprint density at radius 1 is 1.50 bits per heavy atom. The molecule has 0 amide bonds. The lowest BCUT2D eigenvalue weighted by Gasteiger charge is -2.33. The molecule has 6 heteroatoms. The molecule has 0 N–H and O–H groups in total. The van der Waals surface area contributed by atoms with Crippen molar-refractivity contribution >= 4 is 16.1 Å². The van der Waals surface area contributed by atoms with Gasteiger partial charge in [0.2, 0.25) is 16.1 Å². The van der Waals surface area contributed by atoms with Crippen molar-refractivity contribution in [2.24, 2.45) is 4.99 Å². The number of aliphatic imine (C=N–C) groups is 1. The molecule has 0 spiro atoms. The predicted octanol–water partition coefficient (Wildman–Crippen LogP) is 0.135. The molecule has 2 atom stereocenters. The van der Waals surface area contributed by atoms with Gasteiger partial charge in [-0.25, -0.2) is 18.2 Å². The van der Waals surface area contributed by atoms with Crippen LogP contribution >= 0.6 is 0 Å². The minimum Gasteiger partial charge on any atom is -0.212 e. The fourth-order valence-corrected chi connectivity index (χ4v) is 2.99. The normalized spacial score (nSPS) is 29.6. The van der Waals surface area contributed by atoms with Gasteiger partial charge in [-0.1, -0.05) is 0 Å². The Morgan fingerprint density at radius 2 is 2.14 bits per heavy atom. The Balaban J connectivity index is 2.70. The van der Waals surface area contributed by atoms with E-state index in [9.17, 15) is 13.2 Å². The highest BCUT2D eigenvalue weighted by molar-refractivity contribution is 7.88. The zero-order valence-electron chi connectivity index (χ0n) is 8.30. The van der Waals surface area contributed by atoms with E-state index in [-0.39, 0.29) is 12.1 Å². The Kier molecular flexibility index (Phi) is 3.42. The van der Waals surface area contributed by atoms with E-state index in [1.54, 1.807) is 0 Å². The number of sulfonamides is 1. The largest absolute Gasteiger partial charge is 0.235 e. The molecule has 1 rings (SSSR count). The number of hydrogen-bond acceptors (Lipinski definition) is 4. The van der Waals surface area contributed by atoms with Crippen LogP contribution in [0.1, 0.15) is 19.8 Å². The zero-order valence-corrected chi connectivity index (χ0v) is 9.12. The van der Waals surface area contributed by atoms with E-state index in [4.69, 9.17) is 0 Å². The van der Waals surface area contributed by atoms with Crippen molar-refractivity contribution in [1.82, 2.24) is 4.31 Å². The number of piperidine rings is 1. The molecule has 0 aromatic heterocycles. The first-order valence-electron chi connectivity index (χ1n) is 4.49. The molecular formula is C8H14N2O3S. The van der Waals surface area contributed by atoms with Crippen LogP contribution in [-0.2, 0) is 14.8 Å². The summed E-state index contributed by atoms with van der Waals surface area (Å²) in [4.78, 5) is 13.7. The lowest BCUT2D eigenvalue weighted by Crippen LogP contribution is -2.45. The van der Waals surface area contributed by atoms with Gasteiger partial charge in [-0.05, 0) is 19.8 Å². The fourth-order valence-electron chi connectivity index (χ4n) is 1.81. The average molecular weight is 218 g/mol. The van der Waals surface area contributed by atoms with Gasteiger partial charge in [0.05, 0.1) is 12.3 Å². The molecular weight excluding hydrogens is 204 g/mol. The Bertz CT molecular complexity index is 346. The number of isocyanates is 1. The van der Waals surface area contributed by atoms with Gasteiger partial charge in [0, 0.05) is 12.6 Å². The van der Waals surface area contributed by atoms with Crippen LogP contribution in [0, 0.1) is 0 Å². The molecule has 0 aromatic carbocycles. The minimum atomic E-state index is -3.12. The van der Waals surface area contributed by atoms with Gasteiger partial charge in [0.15, 0.2) is 0 Å². The van der Waals surface area contributed by atoms with Crippen molar-refractivity contribution in [3.63, 3.8) is 0 Å². The van der Waals surface area contributed by atoms with Gasteiger partial charge in [0.1, 0.15) is 0 Å². The molecule has 0 aliphatic carbocycles. The number of hydrogen-bond donors (Lipinski definition) is 0. The molecule has 1 aliphatic rings. The molecule has 0 radical (unpaired) electrons. The lowest BCUT2D eigenvalue weighted by molar-refractivity contribution is 0.249. The van der Waals surface area contributed by atoms with E-state index in [0.717, 1.165) is 0 Å². The highest BCUT2D eigenvalue weighted by Gasteiger charge is 2.30. The molecule has 1 saturated heterocycles. The van der Waals surface area contributed by atoms with Crippen molar-refractivity contribution in [3.05, 3.63) is 0 Å². The smallest absolute Gasteiger partial charge is 0.212 e. The monoisotopic (exact) mass is 218 g/mol. The molecule has 1 fully saturated rings. The Labute approximate surface area is 83.9 Å².